The molecule has 0 aliphatic rings. The van der Waals surface area contributed by atoms with Gasteiger partial charge in [0.05, 0.1) is 6.54 Å². The van der Waals surface area contributed by atoms with E-state index in [1.165, 1.54) is 25.0 Å². The van der Waals surface area contributed by atoms with E-state index in [4.69, 9.17) is 4.42 Å². The summed E-state index contributed by atoms with van der Waals surface area (Å²) in [5.74, 6) is 2.19. The molecule has 0 spiro atoms. The van der Waals surface area contributed by atoms with Gasteiger partial charge in [-0.25, -0.2) is 4.39 Å². The number of hydrogen-bond acceptors (Lipinski definition) is 2. The predicted octanol–water partition coefficient (Wildman–Crippen LogP) is 4.61. The van der Waals surface area contributed by atoms with Crippen LogP contribution in [-0.2, 0) is 6.54 Å². The third-order valence-corrected chi connectivity index (χ3v) is 3.68. The molecule has 1 N–H and O–H groups in total. The zero-order valence-corrected chi connectivity index (χ0v) is 12.2. The molecule has 1 aromatic heterocycles. The molecule has 108 valence electrons. The molecular weight excluding hydrogens is 253 g/mol. The Hall–Kier alpha value is -1.61. The number of halogens is 1. The molecule has 3 heteroatoms. The van der Waals surface area contributed by atoms with E-state index in [0.29, 0.717) is 0 Å². The Kier molecular flexibility index (Phi) is 5.36. The normalized spacial score (nSPS) is 11.2. The van der Waals surface area contributed by atoms with E-state index < -0.39 is 0 Å². The van der Waals surface area contributed by atoms with Gasteiger partial charge in [-0.2, -0.15) is 0 Å². The Labute approximate surface area is 120 Å². The quantitative estimate of drug-likeness (QED) is 0.798. The van der Waals surface area contributed by atoms with Crippen molar-refractivity contribution in [3.05, 3.63) is 48.0 Å². The number of hydrogen-bond donors (Lipinski definition) is 1. The smallest absolute Gasteiger partial charge is 0.134 e. The van der Waals surface area contributed by atoms with Gasteiger partial charge >= 0.3 is 0 Å². The number of nitrogens with one attached hydrogen (secondary N) is 1. The molecule has 0 amide bonds. The molecular formula is C17H22FNO. The van der Waals surface area contributed by atoms with Gasteiger partial charge in [-0.1, -0.05) is 26.7 Å². The van der Waals surface area contributed by atoms with Crippen LogP contribution < -0.4 is 5.32 Å². The Balaban J connectivity index is 1.90. The minimum atomic E-state index is -0.229. The summed E-state index contributed by atoms with van der Waals surface area (Å²) in [5.41, 5.74) is 0.901. The maximum Gasteiger partial charge on any atom is 0.134 e. The molecule has 0 saturated carbocycles. The molecule has 0 saturated heterocycles. The molecule has 0 aliphatic carbocycles. The zero-order chi connectivity index (χ0) is 14.4. The van der Waals surface area contributed by atoms with Gasteiger partial charge in [-0.3, -0.25) is 0 Å². The van der Waals surface area contributed by atoms with Crippen LogP contribution in [0, 0.1) is 11.7 Å². The van der Waals surface area contributed by atoms with Crippen LogP contribution in [0.3, 0.4) is 0 Å². The predicted molar refractivity (Wildman–Crippen MR) is 79.9 cm³/mol. The summed E-state index contributed by atoms with van der Waals surface area (Å²) in [5, 5.41) is 3.42. The van der Waals surface area contributed by atoms with Crippen molar-refractivity contribution < 1.29 is 8.81 Å². The summed E-state index contributed by atoms with van der Waals surface area (Å²) in [6, 6.07) is 10.3. The van der Waals surface area contributed by atoms with Crippen molar-refractivity contribution in [1.29, 1.82) is 0 Å². The third-order valence-electron chi connectivity index (χ3n) is 3.68. The highest BCUT2D eigenvalue weighted by Gasteiger charge is 2.06. The lowest BCUT2D eigenvalue weighted by Crippen LogP contribution is -2.21. The van der Waals surface area contributed by atoms with Gasteiger partial charge in [0.25, 0.3) is 0 Å². The first kappa shape index (κ1) is 14.8. The van der Waals surface area contributed by atoms with Crippen molar-refractivity contribution in [2.75, 3.05) is 6.54 Å². The molecule has 0 fully saturated rings. The highest BCUT2D eigenvalue weighted by Crippen LogP contribution is 2.22. The van der Waals surface area contributed by atoms with Gasteiger partial charge in [0.15, 0.2) is 0 Å². The topological polar surface area (TPSA) is 25.2 Å². The van der Waals surface area contributed by atoms with Crippen LogP contribution in [0.5, 0.6) is 0 Å². The van der Waals surface area contributed by atoms with Gasteiger partial charge in [0, 0.05) is 5.56 Å². The van der Waals surface area contributed by atoms with Gasteiger partial charge in [0.1, 0.15) is 17.3 Å². The largest absolute Gasteiger partial charge is 0.460 e. The van der Waals surface area contributed by atoms with Crippen molar-refractivity contribution >= 4 is 0 Å². The van der Waals surface area contributed by atoms with E-state index in [1.54, 1.807) is 12.1 Å². The van der Waals surface area contributed by atoms with E-state index in [-0.39, 0.29) is 5.82 Å². The van der Waals surface area contributed by atoms with E-state index >= 15 is 0 Å². The van der Waals surface area contributed by atoms with Gasteiger partial charge in [0.2, 0.25) is 0 Å². The molecule has 0 radical (unpaired) electrons. The fraction of sp³-hybridized carbons (Fsp3) is 0.412. The average molecular weight is 275 g/mol. The highest BCUT2D eigenvalue weighted by atomic mass is 19.1. The molecule has 20 heavy (non-hydrogen) atoms. The number of furan rings is 1. The summed E-state index contributed by atoms with van der Waals surface area (Å²) in [6.45, 7) is 6.18. The third kappa shape index (κ3) is 3.94. The summed E-state index contributed by atoms with van der Waals surface area (Å²) >= 11 is 0. The Morgan fingerprint density at radius 2 is 1.75 bits per heavy atom. The minimum Gasteiger partial charge on any atom is -0.460 e. The maximum absolute atomic E-state index is 12.9. The zero-order valence-electron chi connectivity index (χ0n) is 12.2. The van der Waals surface area contributed by atoms with Crippen LogP contribution in [0.15, 0.2) is 40.8 Å². The molecule has 2 nitrogen and oxygen atoms in total. The van der Waals surface area contributed by atoms with Crippen molar-refractivity contribution in [2.45, 2.75) is 33.2 Å². The molecule has 1 aromatic carbocycles. The van der Waals surface area contributed by atoms with E-state index in [0.717, 1.165) is 36.1 Å². The fourth-order valence-corrected chi connectivity index (χ4v) is 2.22. The summed E-state index contributed by atoms with van der Waals surface area (Å²) in [7, 11) is 0. The summed E-state index contributed by atoms with van der Waals surface area (Å²) < 4.78 is 18.7. The van der Waals surface area contributed by atoms with Crippen LogP contribution >= 0.6 is 0 Å². The van der Waals surface area contributed by atoms with Crippen LogP contribution in [0.1, 0.15) is 32.4 Å². The lowest BCUT2D eigenvalue weighted by atomic mass is 10.0. The Bertz CT molecular complexity index is 514. The van der Waals surface area contributed by atoms with Crippen molar-refractivity contribution in [3.63, 3.8) is 0 Å². The maximum atomic E-state index is 12.9. The Morgan fingerprint density at radius 1 is 1.05 bits per heavy atom. The molecule has 0 bridgehead atoms. The second-order valence-electron chi connectivity index (χ2n) is 5.09. The van der Waals surface area contributed by atoms with Gasteiger partial charge < -0.3 is 9.73 Å². The van der Waals surface area contributed by atoms with Crippen molar-refractivity contribution in [2.24, 2.45) is 5.92 Å². The van der Waals surface area contributed by atoms with Crippen molar-refractivity contribution in [3.8, 4) is 11.3 Å². The first-order valence-electron chi connectivity index (χ1n) is 7.28. The number of benzene rings is 1. The second kappa shape index (κ2) is 7.25. The average Bonchev–Trinajstić information content (AvgIpc) is 2.93. The molecule has 2 aromatic rings. The second-order valence-corrected chi connectivity index (χ2v) is 5.09. The van der Waals surface area contributed by atoms with Gasteiger partial charge in [-0.15, -0.1) is 0 Å². The fourth-order valence-electron chi connectivity index (χ4n) is 2.22. The molecule has 0 aliphatic heterocycles. The van der Waals surface area contributed by atoms with Crippen LogP contribution in [0.25, 0.3) is 11.3 Å². The standard InChI is InChI=1S/C17H22FNO/c1-3-13(4-2)11-19-12-16-9-10-17(20-16)14-5-7-15(18)8-6-14/h5-10,13,19H,3-4,11-12H2,1-2H3. The van der Waals surface area contributed by atoms with Crippen LogP contribution in [0.4, 0.5) is 4.39 Å². The summed E-state index contributed by atoms with van der Waals surface area (Å²) in [4.78, 5) is 0. The first-order valence-corrected chi connectivity index (χ1v) is 7.28. The molecule has 0 atom stereocenters. The lowest BCUT2D eigenvalue weighted by molar-refractivity contribution is 0.425. The van der Waals surface area contributed by atoms with Gasteiger partial charge in [-0.05, 0) is 48.9 Å². The van der Waals surface area contributed by atoms with E-state index in [9.17, 15) is 4.39 Å². The van der Waals surface area contributed by atoms with Crippen LogP contribution in [0.2, 0.25) is 0 Å². The van der Waals surface area contributed by atoms with E-state index in [1.807, 2.05) is 12.1 Å². The monoisotopic (exact) mass is 275 g/mol. The highest BCUT2D eigenvalue weighted by molar-refractivity contribution is 5.57. The molecule has 0 unspecified atom stereocenters. The Morgan fingerprint density at radius 3 is 2.40 bits per heavy atom. The minimum absolute atomic E-state index is 0.229. The van der Waals surface area contributed by atoms with E-state index in [2.05, 4.69) is 19.2 Å². The molecule has 1 heterocycles. The van der Waals surface area contributed by atoms with Crippen LogP contribution in [-0.4, -0.2) is 6.54 Å². The van der Waals surface area contributed by atoms with Crippen molar-refractivity contribution in [1.82, 2.24) is 5.32 Å². The first-order chi connectivity index (χ1) is 9.72. The number of rotatable bonds is 7. The SMILES string of the molecule is CCC(CC)CNCc1ccc(-c2ccc(F)cc2)o1. The molecule has 2 rings (SSSR count). The lowest BCUT2D eigenvalue weighted by Gasteiger charge is -2.12. The summed E-state index contributed by atoms with van der Waals surface area (Å²) in [6.07, 6.45) is 2.39.